The van der Waals surface area contributed by atoms with Crippen LogP contribution in [0.3, 0.4) is 0 Å². The first-order valence-electron chi connectivity index (χ1n) is 4.93. The molecule has 0 aromatic rings. The molecule has 0 aromatic heterocycles. The summed E-state index contributed by atoms with van der Waals surface area (Å²) in [6, 6.07) is 0. The fourth-order valence-electron chi connectivity index (χ4n) is 1.28. The predicted molar refractivity (Wildman–Crippen MR) is 55.1 cm³/mol. The van der Waals surface area contributed by atoms with E-state index in [1.807, 2.05) is 13.8 Å². The molecule has 1 rings (SSSR count). The Morgan fingerprint density at radius 3 is 3.00 bits per heavy atom. The topological polar surface area (TPSA) is 50.4 Å². The lowest BCUT2D eigenvalue weighted by Crippen LogP contribution is -2.44. The van der Waals surface area contributed by atoms with Gasteiger partial charge >= 0.3 is 0 Å². The van der Waals surface area contributed by atoms with Crippen LogP contribution in [0.15, 0.2) is 11.6 Å². The summed E-state index contributed by atoms with van der Waals surface area (Å²) in [5.41, 5.74) is 1.00. The third-order valence-corrected chi connectivity index (χ3v) is 1.93. The minimum absolute atomic E-state index is 0.0424. The largest absolute Gasteiger partial charge is 0.374 e. The van der Waals surface area contributed by atoms with Gasteiger partial charge in [0.05, 0.1) is 12.7 Å². The molecule has 1 heterocycles. The quantitative estimate of drug-likeness (QED) is 0.630. The zero-order chi connectivity index (χ0) is 10.4. The minimum atomic E-state index is -0.0424. The lowest BCUT2D eigenvalue weighted by molar-refractivity contribution is -0.117. The van der Waals surface area contributed by atoms with E-state index >= 15 is 0 Å². The first-order chi connectivity index (χ1) is 6.68. The van der Waals surface area contributed by atoms with Crippen LogP contribution in [0.4, 0.5) is 0 Å². The molecule has 80 valence electrons. The van der Waals surface area contributed by atoms with Crippen molar-refractivity contribution >= 4 is 5.91 Å². The molecule has 2 N–H and O–H groups in total. The van der Waals surface area contributed by atoms with Crippen LogP contribution in [0, 0.1) is 0 Å². The highest BCUT2D eigenvalue weighted by molar-refractivity contribution is 5.88. The van der Waals surface area contributed by atoms with Crippen molar-refractivity contribution in [2.75, 3.05) is 26.2 Å². The number of nitrogens with one attached hydrogen (secondary N) is 2. The Bertz CT molecular complexity index is 216. The molecule has 0 aromatic carbocycles. The second-order valence-electron chi connectivity index (χ2n) is 3.66. The van der Waals surface area contributed by atoms with Crippen molar-refractivity contribution in [3.63, 3.8) is 0 Å². The van der Waals surface area contributed by atoms with Crippen molar-refractivity contribution in [1.82, 2.24) is 10.6 Å². The van der Waals surface area contributed by atoms with Gasteiger partial charge in [-0.25, -0.2) is 0 Å². The summed E-state index contributed by atoms with van der Waals surface area (Å²) in [5, 5.41) is 6.01. The average Bonchev–Trinajstić information content (AvgIpc) is 2.15. The second-order valence-corrected chi connectivity index (χ2v) is 3.66. The molecule has 1 atom stereocenters. The van der Waals surface area contributed by atoms with Crippen LogP contribution in [0.2, 0.25) is 0 Å². The number of ether oxygens (including phenoxy) is 1. The van der Waals surface area contributed by atoms with Gasteiger partial charge in [-0.1, -0.05) is 5.57 Å². The maximum Gasteiger partial charge on any atom is 0.244 e. The van der Waals surface area contributed by atoms with Gasteiger partial charge in [0.1, 0.15) is 0 Å². The Kier molecular flexibility index (Phi) is 4.62. The Labute approximate surface area is 84.7 Å². The molecular weight excluding hydrogens is 180 g/mol. The van der Waals surface area contributed by atoms with Crippen LogP contribution in [0.1, 0.15) is 13.8 Å². The van der Waals surface area contributed by atoms with Crippen molar-refractivity contribution in [2.24, 2.45) is 0 Å². The highest BCUT2D eigenvalue weighted by atomic mass is 16.5. The zero-order valence-corrected chi connectivity index (χ0v) is 8.80. The smallest absolute Gasteiger partial charge is 0.244 e. The van der Waals surface area contributed by atoms with E-state index in [2.05, 4.69) is 10.6 Å². The minimum Gasteiger partial charge on any atom is -0.374 e. The molecule has 1 saturated heterocycles. The Morgan fingerprint density at radius 2 is 2.43 bits per heavy atom. The molecule has 4 nitrogen and oxygen atoms in total. The molecule has 0 saturated carbocycles. The van der Waals surface area contributed by atoms with Crippen molar-refractivity contribution in [1.29, 1.82) is 0 Å². The molecule has 0 radical (unpaired) electrons. The summed E-state index contributed by atoms with van der Waals surface area (Å²) in [4.78, 5) is 11.2. The summed E-state index contributed by atoms with van der Waals surface area (Å²) >= 11 is 0. The first-order valence-corrected chi connectivity index (χ1v) is 4.93. The molecule has 1 amide bonds. The van der Waals surface area contributed by atoms with E-state index in [4.69, 9.17) is 4.74 Å². The van der Waals surface area contributed by atoms with Crippen LogP contribution in [-0.2, 0) is 9.53 Å². The van der Waals surface area contributed by atoms with Gasteiger partial charge in [-0.05, 0) is 13.8 Å². The molecule has 4 heteroatoms. The van der Waals surface area contributed by atoms with E-state index in [0.717, 1.165) is 25.3 Å². The number of morpholine rings is 1. The van der Waals surface area contributed by atoms with Gasteiger partial charge < -0.3 is 15.4 Å². The number of carbonyl (C=O) groups excluding carboxylic acids is 1. The standard InChI is InChI=1S/C10H18N2O2/c1-8(2)5-10(13)12-7-9-6-11-3-4-14-9/h5,9,11H,3-4,6-7H2,1-2H3,(H,12,13). The van der Waals surface area contributed by atoms with Crippen molar-refractivity contribution in [3.8, 4) is 0 Å². The molecule has 1 aliphatic rings. The summed E-state index contributed by atoms with van der Waals surface area (Å²) in [6.07, 6.45) is 1.70. The van der Waals surface area contributed by atoms with Gasteiger partial charge in [0.15, 0.2) is 0 Å². The molecule has 1 unspecified atom stereocenters. The monoisotopic (exact) mass is 198 g/mol. The van der Waals surface area contributed by atoms with Gasteiger partial charge in [0.2, 0.25) is 5.91 Å². The fourth-order valence-corrected chi connectivity index (χ4v) is 1.28. The normalized spacial score (nSPS) is 21.4. The molecule has 0 aliphatic carbocycles. The summed E-state index contributed by atoms with van der Waals surface area (Å²) < 4.78 is 5.44. The summed E-state index contributed by atoms with van der Waals surface area (Å²) in [7, 11) is 0. The number of carbonyl (C=O) groups is 1. The average molecular weight is 198 g/mol. The van der Waals surface area contributed by atoms with Gasteiger partial charge in [0, 0.05) is 25.7 Å². The third-order valence-electron chi connectivity index (χ3n) is 1.93. The van der Waals surface area contributed by atoms with Gasteiger partial charge in [0.25, 0.3) is 0 Å². The molecule has 14 heavy (non-hydrogen) atoms. The maximum absolute atomic E-state index is 11.2. The van der Waals surface area contributed by atoms with E-state index in [-0.39, 0.29) is 12.0 Å². The van der Waals surface area contributed by atoms with E-state index in [1.165, 1.54) is 0 Å². The van der Waals surface area contributed by atoms with Gasteiger partial charge in [-0.3, -0.25) is 4.79 Å². The molecule has 0 bridgehead atoms. The van der Waals surface area contributed by atoms with E-state index < -0.39 is 0 Å². The number of rotatable bonds is 3. The predicted octanol–water partition coefficient (Wildman–Crippen LogP) is 0.0572. The summed E-state index contributed by atoms with van der Waals surface area (Å²) in [5.74, 6) is -0.0424. The molecular formula is C10H18N2O2. The van der Waals surface area contributed by atoms with Gasteiger partial charge in [-0.2, -0.15) is 0 Å². The number of amides is 1. The van der Waals surface area contributed by atoms with E-state index in [1.54, 1.807) is 6.08 Å². The van der Waals surface area contributed by atoms with E-state index in [9.17, 15) is 4.79 Å². The molecule has 0 spiro atoms. The zero-order valence-electron chi connectivity index (χ0n) is 8.80. The second kappa shape index (κ2) is 5.78. The van der Waals surface area contributed by atoms with Crippen LogP contribution in [0.25, 0.3) is 0 Å². The van der Waals surface area contributed by atoms with Crippen molar-refractivity contribution in [3.05, 3.63) is 11.6 Å². The van der Waals surface area contributed by atoms with Crippen LogP contribution in [-0.4, -0.2) is 38.3 Å². The fraction of sp³-hybridized carbons (Fsp3) is 0.700. The number of hydrogen-bond acceptors (Lipinski definition) is 3. The number of hydrogen-bond donors (Lipinski definition) is 2. The Balaban J connectivity index is 2.19. The third kappa shape index (κ3) is 4.39. The Hall–Kier alpha value is -0.870. The lowest BCUT2D eigenvalue weighted by Gasteiger charge is -2.23. The highest BCUT2D eigenvalue weighted by Gasteiger charge is 2.13. The van der Waals surface area contributed by atoms with Crippen molar-refractivity contribution < 1.29 is 9.53 Å². The van der Waals surface area contributed by atoms with Gasteiger partial charge in [-0.15, -0.1) is 0 Å². The summed E-state index contributed by atoms with van der Waals surface area (Å²) in [6.45, 7) is 6.82. The van der Waals surface area contributed by atoms with E-state index in [0.29, 0.717) is 6.54 Å². The SMILES string of the molecule is CC(C)=CC(=O)NCC1CNCCO1. The Morgan fingerprint density at radius 1 is 1.64 bits per heavy atom. The first kappa shape index (κ1) is 11.2. The van der Waals surface area contributed by atoms with Crippen molar-refractivity contribution in [2.45, 2.75) is 20.0 Å². The lowest BCUT2D eigenvalue weighted by atomic mass is 10.3. The van der Waals surface area contributed by atoms with Crippen LogP contribution >= 0.6 is 0 Å². The maximum atomic E-state index is 11.2. The molecule has 1 aliphatic heterocycles. The van der Waals surface area contributed by atoms with Crippen LogP contribution < -0.4 is 10.6 Å². The number of allylic oxidation sites excluding steroid dienone is 1. The molecule has 1 fully saturated rings. The highest BCUT2D eigenvalue weighted by Crippen LogP contribution is 1.94. The van der Waals surface area contributed by atoms with Crippen LogP contribution in [0.5, 0.6) is 0 Å².